The van der Waals surface area contributed by atoms with Gasteiger partial charge < -0.3 is 5.32 Å². The number of aryl methyl sites for hydroxylation is 1. The lowest BCUT2D eigenvalue weighted by molar-refractivity contribution is 0.629. The predicted molar refractivity (Wildman–Crippen MR) is 68.7 cm³/mol. The molecule has 1 rings (SSSR count). The fourth-order valence-electron chi connectivity index (χ4n) is 1.68. The van der Waals surface area contributed by atoms with E-state index in [9.17, 15) is 0 Å². The summed E-state index contributed by atoms with van der Waals surface area (Å²) in [6, 6.07) is 2.07. The van der Waals surface area contributed by atoms with Crippen LogP contribution < -0.4 is 5.32 Å². The minimum Gasteiger partial charge on any atom is -0.370 e. The summed E-state index contributed by atoms with van der Waals surface area (Å²) in [7, 11) is 0. The molecule has 3 heteroatoms. The largest absolute Gasteiger partial charge is 0.370 e. The van der Waals surface area contributed by atoms with E-state index < -0.39 is 0 Å². The molecule has 0 atom stereocenters. The first-order chi connectivity index (χ1) is 7.65. The summed E-state index contributed by atoms with van der Waals surface area (Å²) in [5.41, 5.74) is 1.16. The number of hydrogen-bond donors (Lipinski definition) is 1. The van der Waals surface area contributed by atoms with Crippen molar-refractivity contribution >= 4 is 5.82 Å². The molecule has 0 aliphatic carbocycles. The summed E-state index contributed by atoms with van der Waals surface area (Å²) in [5, 5.41) is 3.27. The SMILES string of the molecule is CCCc1nc(CC(C)C)cc(NCC)n1. The van der Waals surface area contributed by atoms with Gasteiger partial charge in [-0.05, 0) is 25.7 Å². The van der Waals surface area contributed by atoms with Crippen LogP contribution in [0.15, 0.2) is 6.07 Å². The minimum absolute atomic E-state index is 0.638. The number of rotatable bonds is 6. The van der Waals surface area contributed by atoms with Gasteiger partial charge in [0, 0.05) is 24.7 Å². The summed E-state index contributed by atoms with van der Waals surface area (Å²) >= 11 is 0. The van der Waals surface area contributed by atoms with Gasteiger partial charge in [0.25, 0.3) is 0 Å². The summed E-state index contributed by atoms with van der Waals surface area (Å²) in [6.45, 7) is 9.59. The van der Waals surface area contributed by atoms with Crippen LogP contribution in [0, 0.1) is 5.92 Å². The van der Waals surface area contributed by atoms with Gasteiger partial charge in [0.2, 0.25) is 0 Å². The van der Waals surface area contributed by atoms with E-state index in [0.29, 0.717) is 5.92 Å². The van der Waals surface area contributed by atoms with E-state index in [-0.39, 0.29) is 0 Å². The Balaban J connectivity index is 2.88. The van der Waals surface area contributed by atoms with Crippen molar-refractivity contribution < 1.29 is 0 Å². The summed E-state index contributed by atoms with van der Waals surface area (Å²) in [4.78, 5) is 9.09. The molecule has 1 aromatic heterocycles. The van der Waals surface area contributed by atoms with E-state index in [1.807, 2.05) is 0 Å². The van der Waals surface area contributed by atoms with Crippen molar-refractivity contribution in [3.8, 4) is 0 Å². The van der Waals surface area contributed by atoms with Crippen molar-refractivity contribution in [2.24, 2.45) is 5.92 Å². The molecule has 0 amide bonds. The first kappa shape index (κ1) is 12.9. The highest BCUT2D eigenvalue weighted by atomic mass is 15.0. The lowest BCUT2D eigenvalue weighted by Crippen LogP contribution is -2.07. The summed E-state index contributed by atoms with van der Waals surface area (Å²) in [5.74, 6) is 2.58. The highest BCUT2D eigenvalue weighted by Crippen LogP contribution is 2.12. The molecule has 0 aliphatic heterocycles. The van der Waals surface area contributed by atoms with E-state index in [1.54, 1.807) is 0 Å². The Bertz CT molecular complexity index is 297. The van der Waals surface area contributed by atoms with Crippen molar-refractivity contribution in [2.75, 3.05) is 11.9 Å². The zero-order valence-corrected chi connectivity index (χ0v) is 10.9. The molecule has 90 valence electrons. The molecule has 0 spiro atoms. The number of hydrogen-bond acceptors (Lipinski definition) is 3. The maximum absolute atomic E-state index is 4.59. The molecule has 1 N–H and O–H groups in total. The van der Waals surface area contributed by atoms with Crippen LogP contribution in [0.2, 0.25) is 0 Å². The molecule has 1 aromatic rings. The van der Waals surface area contributed by atoms with Crippen molar-refractivity contribution in [1.82, 2.24) is 9.97 Å². The first-order valence-electron chi connectivity index (χ1n) is 6.26. The zero-order valence-electron chi connectivity index (χ0n) is 10.9. The molecule has 16 heavy (non-hydrogen) atoms. The summed E-state index contributed by atoms with van der Waals surface area (Å²) in [6.07, 6.45) is 3.08. The Morgan fingerprint density at radius 2 is 2.00 bits per heavy atom. The highest BCUT2D eigenvalue weighted by Gasteiger charge is 2.05. The van der Waals surface area contributed by atoms with Gasteiger partial charge in [0.15, 0.2) is 0 Å². The van der Waals surface area contributed by atoms with E-state index in [4.69, 9.17) is 0 Å². The van der Waals surface area contributed by atoms with E-state index in [1.165, 1.54) is 0 Å². The number of anilines is 1. The monoisotopic (exact) mass is 221 g/mol. The third-order valence-electron chi connectivity index (χ3n) is 2.27. The van der Waals surface area contributed by atoms with Crippen LogP contribution >= 0.6 is 0 Å². The Morgan fingerprint density at radius 1 is 1.25 bits per heavy atom. The van der Waals surface area contributed by atoms with Gasteiger partial charge in [0.1, 0.15) is 11.6 Å². The van der Waals surface area contributed by atoms with Crippen molar-refractivity contribution in [3.05, 3.63) is 17.6 Å². The van der Waals surface area contributed by atoms with Gasteiger partial charge in [-0.2, -0.15) is 0 Å². The second-order valence-electron chi connectivity index (χ2n) is 4.54. The van der Waals surface area contributed by atoms with E-state index in [0.717, 1.165) is 43.1 Å². The maximum atomic E-state index is 4.59. The maximum Gasteiger partial charge on any atom is 0.130 e. The molecule has 0 saturated heterocycles. The Labute approximate surface area is 98.7 Å². The summed E-state index contributed by atoms with van der Waals surface area (Å²) < 4.78 is 0. The fourth-order valence-corrected chi connectivity index (χ4v) is 1.68. The second kappa shape index (κ2) is 6.46. The fraction of sp³-hybridized carbons (Fsp3) is 0.692. The van der Waals surface area contributed by atoms with Crippen molar-refractivity contribution in [3.63, 3.8) is 0 Å². The average molecular weight is 221 g/mol. The molecular weight excluding hydrogens is 198 g/mol. The van der Waals surface area contributed by atoms with Gasteiger partial charge in [-0.3, -0.25) is 0 Å². The molecule has 0 unspecified atom stereocenters. The lowest BCUT2D eigenvalue weighted by atomic mass is 10.1. The van der Waals surface area contributed by atoms with Gasteiger partial charge in [0.05, 0.1) is 0 Å². The first-order valence-corrected chi connectivity index (χ1v) is 6.26. The van der Waals surface area contributed by atoms with E-state index >= 15 is 0 Å². The molecule has 0 fully saturated rings. The standard InChI is InChI=1S/C13H23N3/c1-5-7-12-15-11(8-10(3)4)9-13(16-12)14-6-2/h9-10H,5-8H2,1-4H3,(H,14,15,16). The van der Waals surface area contributed by atoms with Crippen molar-refractivity contribution in [2.45, 2.75) is 47.0 Å². The third-order valence-corrected chi connectivity index (χ3v) is 2.27. The highest BCUT2D eigenvalue weighted by molar-refractivity contribution is 5.36. The van der Waals surface area contributed by atoms with Gasteiger partial charge in [-0.25, -0.2) is 9.97 Å². The van der Waals surface area contributed by atoms with Crippen LogP contribution in [0.1, 0.15) is 45.6 Å². The minimum atomic E-state index is 0.638. The van der Waals surface area contributed by atoms with Gasteiger partial charge >= 0.3 is 0 Å². The molecular formula is C13H23N3. The van der Waals surface area contributed by atoms with Crippen LogP contribution in [0.4, 0.5) is 5.82 Å². The Kier molecular flexibility index (Phi) is 5.23. The Morgan fingerprint density at radius 3 is 2.56 bits per heavy atom. The number of aromatic nitrogens is 2. The quantitative estimate of drug-likeness (QED) is 0.802. The van der Waals surface area contributed by atoms with Crippen LogP contribution in [0.5, 0.6) is 0 Å². The number of nitrogens with one attached hydrogen (secondary N) is 1. The molecule has 0 radical (unpaired) electrons. The van der Waals surface area contributed by atoms with Gasteiger partial charge in [-0.1, -0.05) is 20.8 Å². The van der Waals surface area contributed by atoms with Crippen molar-refractivity contribution in [1.29, 1.82) is 0 Å². The van der Waals surface area contributed by atoms with Crippen LogP contribution in [-0.4, -0.2) is 16.5 Å². The topological polar surface area (TPSA) is 37.8 Å². The Hall–Kier alpha value is -1.12. The average Bonchev–Trinajstić information content (AvgIpc) is 2.17. The number of nitrogens with zero attached hydrogens (tertiary/aromatic N) is 2. The molecule has 0 bridgehead atoms. The third kappa shape index (κ3) is 4.17. The molecule has 0 saturated carbocycles. The van der Waals surface area contributed by atoms with Crippen LogP contribution in [0.3, 0.4) is 0 Å². The second-order valence-corrected chi connectivity index (χ2v) is 4.54. The molecule has 0 aromatic carbocycles. The smallest absolute Gasteiger partial charge is 0.130 e. The normalized spacial score (nSPS) is 10.8. The zero-order chi connectivity index (χ0) is 12.0. The lowest BCUT2D eigenvalue weighted by Gasteiger charge is -2.09. The van der Waals surface area contributed by atoms with E-state index in [2.05, 4.69) is 49.0 Å². The molecule has 0 aliphatic rings. The predicted octanol–water partition coefficient (Wildman–Crippen LogP) is 3.06. The van der Waals surface area contributed by atoms with Crippen LogP contribution in [0.25, 0.3) is 0 Å². The van der Waals surface area contributed by atoms with Gasteiger partial charge in [-0.15, -0.1) is 0 Å². The van der Waals surface area contributed by atoms with Crippen LogP contribution in [-0.2, 0) is 12.8 Å². The molecule has 3 nitrogen and oxygen atoms in total. The molecule has 1 heterocycles.